The van der Waals surface area contributed by atoms with Crippen LogP contribution < -0.4 is 0 Å². The number of allylic oxidation sites excluding steroid dienone is 1. The first-order valence-electron chi connectivity index (χ1n) is 7.28. The van der Waals surface area contributed by atoms with Crippen molar-refractivity contribution in [1.29, 1.82) is 0 Å². The monoisotopic (exact) mass is 286 g/mol. The molecule has 1 aliphatic heterocycles. The molecular formula is C15H18N4O2. The van der Waals surface area contributed by atoms with Gasteiger partial charge >= 0.3 is 0 Å². The predicted molar refractivity (Wildman–Crippen MR) is 75.0 cm³/mol. The number of hydrogen-bond acceptors (Lipinski definition) is 4. The molecular weight excluding hydrogens is 268 g/mol. The van der Waals surface area contributed by atoms with Crippen molar-refractivity contribution in [3.05, 3.63) is 17.5 Å². The second kappa shape index (κ2) is 3.61. The number of hydrogen-bond donors (Lipinski definition) is 0. The smallest absolute Gasteiger partial charge is 0.233 e. The fraction of sp³-hybridized carbons (Fsp3) is 0.600. The van der Waals surface area contributed by atoms with Crippen molar-refractivity contribution in [2.24, 2.45) is 17.8 Å². The number of amides is 2. The van der Waals surface area contributed by atoms with Gasteiger partial charge in [-0.2, -0.15) is 15.0 Å². The molecule has 1 aromatic heterocycles. The Morgan fingerprint density at radius 1 is 1.05 bits per heavy atom. The first-order valence-corrected chi connectivity index (χ1v) is 7.28. The van der Waals surface area contributed by atoms with Crippen molar-refractivity contribution in [3.8, 4) is 0 Å². The Morgan fingerprint density at radius 3 is 2.38 bits per heavy atom. The molecule has 0 radical (unpaired) electrons. The van der Waals surface area contributed by atoms with Gasteiger partial charge in [0.05, 0.1) is 23.1 Å². The molecule has 0 N–H and O–H groups in total. The summed E-state index contributed by atoms with van der Waals surface area (Å²) in [4.78, 5) is 27.4. The fourth-order valence-electron chi connectivity index (χ4n) is 3.74. The van der Waals surface area contributed by atoms with Crippen LogP contribution in [0.2, 0.25) is 0 Å². The maximum absolute atomic E-state index is 12.3. The van der Waals surface area contributed by atoms with Crippen molar-refractivity contribution in [1.82, 2.24) is 19.9 Å². The zero-order valence-electron chi connectivity index (χ0n) is 12.6. The van der Waals surface area contributed by atoms with Gasteiger partial charge in [-0.3, -0.25) is 14.5 Å². The van der Waals surface area contributed by atoms with Crippen molar-refractivity contribution >= 4 is 17.9 Å². The summed E-state index contributed by atoms with van der Waals surface area (Å²) in [5, 5.41) is 9.15. The Kier molecular flexibility index (Phi) is 2.19. The van der Waals surface area contributed by atoms with Gasteiger partial charge in [0.1, 0.15) is 5.69 Å². The molecule has 1 saturated carbocycles. The van der Waals surface area contributed by atoms with Gasteiger partial charge in [-0.05, 0) is 32.8 Å². The summed E-state index contributed by atoms with van der Waals surface area (Å²) >= 11 is 0. The normalized spacial score (nSPS) is 33.6. The SMILES string of the molecule is CN1C(=O)[C@H]2[C@@H]3C=Cc4nn(C(C)(C)C)nc4[C@@H]3[C@H]2C1=O. The van der Waals surface area contributed by atoms with Crippen LogP contribution in [0, 0.1) is 17.8 Å². The van der Waals surface area contributed by atoms with Gasteiger partial charge < -0.3 is 0 Å². The van der Waals surface area contributed by atoms with Gasteiger partial charge in [0.15, 0.2) is 0 Å². The largest absolute Gasteiger partial charge is 0.285 e. The summed E-state index contributed by atoms with van der Waals surface area (Å²) in [5.41, 5.74) is 1.50. The Labute approximate surface area is 122 Å². The van der Waals surface area contributed by atoms with Crippen molar-refractivity contribution in [2.75, 3.05) is 7.05 Å². The van der Waals surface area contributed by atoms with Crippen LogP contribution in [0.3, 0.4) is 0 Å². The van der Waals surface area contributed by atoms with Gasteiger partial charge in [0.2, 0.25) is 11.8 Å². The molecule has 2 fully saturated rings. The molecule has 2 amide bonds. The summed E-state index contributed by atoms with van der Waals surface area (Å²) < 4.78 is 0. The molecule has 110 valence electrons. The second-order valence-electron chi connectivity index (χ2n) is 7.18. The predicted octanol–water partition coefficient (Wildman–Crippen LogP) is 1.00. The number of aromatic nitrogens is 3. The van der Waals surface area contributed by atoms with E-state index < -0.39 is 0 Å². The van der Waals surface area contributed by atoms with E-state index in [9.17, 15) is 9.59 Å². The minimum atomic E-state index is -0.249. The van der Waals surface area contributed by atoms with E-state index in [1.807, 2.05) is 32.9 Å². The van der Waals surface area contributed by atoms with Crippen molar-refractivity contribution < 1.29 is 9.59 Å². The highest BCUT2D eigenvalue weighted by atomic mass is 16.2. The number of likely N-dealkylation sites (tertiary alicyclic amines) is 1. The highest BCUT2D eigenvalue weighted by Crippen LogP contribution is 2.59. The average molecular weight is 286 g/mol. The third-order valence-corrected chi connectivity index (χ3v) is 4.89. The van der Waals surface area contributed by atoms with E-state index in [0.29, 0.717) is 0 Å². The molecule has 21 heavy (non-hydrogen) atoms. The lowest BCUT2D eigenvalue weighted by Gasteiger charge is -2.44. The van der Waals surface area contributed by atoms with Gasteiger partial charge in [-0.15, -0.1) is 0 Å². The van der Waals surface area contributed by atoms with Gasteiger partial charge in [0.25, 0.3) is 0 Å². The topological polar surface area (TPSA) is 68.1 Å². The second-order valence-corrected chi connectivity index (χ2v) is 7.18. The minimum absolute atomic E-state index is 0.00694. The molecule has 3 aliphatic rings. The van der Waals surface area contributed by atoms with Crippen LogP contribution >= 0.6 is 0 Å². The Balaban J connectivity index is 1.78. The standard InChI is InChI=1S/C15H18N4O2/c1-15(2,3)19-16-8-6-5-7-9(12(8)17-19)11-10(7)13(20)18(4)14(11)21/h5-7,9-11H,1-4H3/t7-,9+,10+,11-/m1/s1. The summed E-state index contributed by atoms with van der Waals surface area (Å²) in [6.07, 6.45) is 3.97. The molecule has 4 atom stereocenters. The van der Waals surface area contributed by atoms with Gasteiger partial charge in [0, 0.05) is 13.0 Å². The third-order valence-electron chi connectivity index (χ3n) is 4.89. The Morgan fingerprint density at radius 2 is 1.71 bits per heavy atom. The summed E-state index contributed by atoms with van der Waals surface area (Å²) in [5.74, 6) is -0.472. The molecule has 4 rings (SSSR count). The zero-order valence-corrected chi connectivity index (χ0v) is 12.6. The average Bonchev–Trinajstić information content (AvgIpc) is 2.87. The van der Waals surface area contributed by atoms with Crippen LogP contribution in [0.4, 0.5) is 0 Å². The van der Waals surface area contributed by atoms with Crippen LogP contribution in [-0.2, 0) is 15.1 Å². The van der Waals surface area contributed by atoms with Crippen LogP contribution in [0.25, 0.3) is 6.08 Å². The van der Waals surface area contributed by atoms with Crippen LogP contribution in [0.1, 0.15) is 38.1 Å². The molecule has 0 unspecified atom stereocenters. The number of fused-ring (bicyclic) bond motifs is 6. The maximum Gasteiger partial charge on any atom is 0.233 e. The van der Waals surface area contributed by atoms with Crippen LogP contribution in [0.5, 0.6) is 0 Å². The van der Waals surface area contributed by atoms with E-state index in [1.54, 1.807) is 11.8 Å². The van der Waals surface area contributed by atoms with Crippen molar-refractivity contribution in [2.45, 2.75) is 32.2 Å². The summed E-state index contributed by atoms with van der Waals surface area (Å²) in [7, 11) is 1.58. The fourth-order valence-corrected chi connectivity index (χ4v) is 3.74. The molecule has 2 aliphatic carbocycles. The van der Waals surface area contributed by atoms with Crippen molar-refractivity contribution in [3.63, 3.8) is 0 Å². The van der Waals surface area contributed by atoms with E-state index in [2.05, 4.69) is 10.2 Å². The molecule has 0 spiro atoms. The maximum atomic E-state index is 12.3. The molecule has 2 heterocycles. The van der Waals surface area contributed by atoms with Gasteiger partial charge in [-0.1, -0.05) is 6.08 Å². The zero-order chi connectivity index (χ0) is 15.1. The van der Waals surface area contributed by atoms with E-state index in [4.69, 9.17) is 0 Å². The number of nitrogens with zero attached hydrogens (tertiary/aromatic N) is 4. The Bertz CT molecular complexity index is 697. The first-order chi connectivity index (χ1) is 9.80. The van der Waals surface area contributed by atoms with E-state index in [1.165, 1.54) is 4.90 Å². The first kappa shape index (κ1) is 12.7. The minimum Gasteiger partial charge on any atom is -0.285 e. The Hall–Kier alpha value is -1.98. The molecule has 0 aromatic carbocycles. The summed E-state index contributed by atoms with van der Waals surface area (Å²) in [6.45, 7) is 6.13. The third kappa shape index (κ3) is 1.42. The molecule has 6 nitrogen and oxygen atoms in total. The molecule has 6 heteroatoms. The molecule has 1 saturated heterocycles. The number of rotatable bonds is 0. The quantitative estimate of drug-likeness (QED) is 0.667. The van der Waals surface area contributed by atoms with E-state index in [0.717, 1.165) is 11.4 Å². The van der Waals surface area contributed by atoms with E-state index >= 15 is 0 Å². The molecule has 1 aromatic rings. The lowest BCUT2D eigenvalue weighted by molar-refractivity contribution is -0.137. The summed E-state index contributed by atoms with van der Waals surface area (Å²) in [6, 6.07) is 0. The number of carbonyl (C=O) groups excluding carboxylic acids is 2. The van der Waals surface area contributed by atoms with Crippen LogP contribution in [-0.4, -0.2) is 38.8 Å². The lowest BCUT2D eigenvalue weighted by atomic mass is 9.55. The molecule has 0 bridgehead atoms. The lowest BCUT2D eigenvalue weighted by Crippen LogP contribution is -2.47. The number of imide groups is 1. The number of carbonyl (C=O) groups is 2. The van der Waals surface area contributed by atoms with Gasteiger partial charge in [-0.25, -0.2) is 0 Å². The van der Waals surface area contributed by atoms with Crippen LogP contribution in [0.15, 0.2) is 6.08 Å². The highest BCUT2D eigenvalue weighted by molar-refractivity contribution is 6.07. The highest BCUT2D eigenvalue weighted by Gasteiger charge is 2.65. The van der Waals surface area contributed by atoms with E-state index in [-0.39, 0.29) is 41.0 Å².